The van der Waals surface area contributed by atoms with Crippen molar-refractivity contribution in [1.82, 2.24) is 14.8 Å². The third kappa shape index (κ3) is 4.17. The Balaban J connectivity index is 1.66. The van der Waals surface area contributed by atoms with Crippen molar-refractivity contribution < 1.29 is 19.1 Å². The van der Waals surface area contributed by atoms with Gasteiger partial charge in [0.2, 0.25) is 17.7 Å². The number of aryl methyl sites for hydroxylation is 1. The molecule has 2 saturated heterocycles. The van der Waals surface area contributed by atoms with Crippen LogP contribution in [0, 0.1) is 6.92 Å². The Bertz CT molecular complexity index is 1010. The quantitative estimate of drug-likeness (QED) is 0.652. The van der Waals surface area contributed by atoms with Gasteiger partial charge in [0.15, 0.2) is 0 Å². The average molecular weight is 436 g/mol. The van der Waals surface area contributed by atoms with E-state index in [1.165, 1.54) is 4.90 Å². The molecule has 0 saturated carbocycles. The normalized spacial score (nSPS) is 23.6. The second kappa shape index (κ2) is 9.20. The van der Waals surface area contributed by atoms with Crippen molar-refractivity contribution in [2.24, 2.45) is 0 Å². The molecule has 0 radical (unpaired) electrons. The first-order valence-corrected chi connectivity index (χ1v) is 11.0. The number of pyridine rings is 1. The number of benzene rings is 1. The van der Waals surface area contributed by atoms with Crippen LogP contribution in [-0.4, -0.2) is 58.8 Å². The van der Waals surface area contributed by atoms with Gasteiger partial charge in [-0.2, -0.15) is 0 Å². The molecule has 0 spiro atoms. The summed E-state index contributed by atoms with van der Waals surface area (Å²) in [6.45, 7) is 3.23. The van der Waals surface area contributed by atoms with Crippen LogP contribution < -0.4 is 0 Å². The molecule has 1 aromatic carbocycles. The summed E-state index contributed by atoms with van der Waals surface area (Å²) < 4.78 is 5.46. The van der Waals surface area contributed by atoms with Crippen molar-refractivity contribution in [3.05, 3.63) is 65.5 Å². The fourth-order valence-electron chi connectivity index (χ4n) is 4.92. The number of aromatic nitrogens is 1. The highest BCUT2D eigenvalue weighted by molar-refractivity contribution is 6.10. The minimum atomic E-state index is -1.19. The molecule has 2 aliphatic rings. The van der Waals surface area contributed by atoms with E-state index in [4.69, 9.17) is 4.74 Å². The zero-order valence-corrected chi connectivity index (χ0v) is 18.6. The molecular weight excluding hydrogens is 406 g/mol. The largest absolute Gasteiger partial charge is 0.380 e. The van der Waals surface area contributed by atoms with Gasteiger partial charge in [-0.15, -0.1) is 0 Å². The lowest BCUT2D eigenvalue weighted by molar-refractivity contribution is -0.144. The van der Waals surface area contributed by atoms with E-state index in [-0.39, 0.29) is 43.2 Å². The third-order valence-corrected chi connectivity index (χ3v) is 6.65. The Hall–Kier alpha value is -3.06. The molecule has 2 unspecified atom stereocenters. The highest BCUT2D eigenvalue weighted by atomic mass is 16.5. The monoisotopic (exact) mass is 435 g/mol. The van der Waals surface area contributed by atoms with E-state index in [1.807, 2.05) is 37.3 Å². The fourth-order valence-corrected chi connectivity index (χ4v) is 4.92. The highest BCUT2D eigenvalue weighted by Gasteiger charge is 2.54. The lowest BCUT2D eigenvalue weighted by atomic mass is 9.73. The molecule has 3 amide bonds. The number of piperidine rings is 1. The third-order valence-electron chi connectivity index (χ3n) is 6.65. The average Bonchev–Trinajstić information content (AvgIpc) is 3.04. The molecule has 0 N–H and O–H groups in total. The predicted octanol–water partition coefficient (Wildman–Crippen LogP) is 2.61. The van der Waals surface area contributed by atoms with Crippen LogP contribution in [0.5, 0.6) is 0 Å². The number of ether oxygens (including phenoxy) is 1. The molecule has 7 nitrogen and oxygen atoms in total. The lowest BCUT2D eigenvalue weighted by Gasteiger charge is -2.35. The number of hydrogen-bond acceptors (Lipinski definition) is 5. The summed E-state index contributed by atoms with van der Waals surface area (Å²) >= 11 is 0. The van der Waals surface area contributed by atoms with E-state index in [0.29, 0.717) is 13.1 Å². The van der Waals surface area contributed by atoms with Gasteiger partial charge in [-0.25, -0.2) is 0 Å². The number of carbonyl (C=O) groups is 3. The lowest BCUT2D eigenvalue weighted by Crippen LogP contribution is -2.47. The van der Waals surface area contributed by atoms with Crippen molar-refractivity contribution in [3.63, 3.8) is 0 Å². The van der Waals surface area contributed by atoms with Gasteiger partial charge in [0, 0.05) is 45.4 Å². The van der Waals surface area contributed by atoms with Crippen LogP contribution in [0.25, 0.3) is 0 Å². The molecule has 4 rings (SSSR count). The standard InChI is InChI=1S/C25H29N3O4/c1-18-7-3-4-10-21(18)25(13-22(29)27-12-6-9-20(17-27)32-2)14-23(30)28(24(25)31)16-19-8-5-11-26-15-19/h3-5,7-8,10-11,15,20H,6,9,12-14,16-17H2,1-2H3. The first-order chi connectivity index (χ1) is 15.4. The van der Waals surface area contributed by atoms with Crippen LogP contribution in [0.2, 0.25) is 0 Å². The van der Waals surface area contributed by atoms with Gasteiger partial charge >= 0.3 is 0 Å². The van der Waals surface area contributed by atoms with Crippen molar-refractivity contribution >= 4 is 17.7 Å². The van der Waals surface area contributed by atoms with Gasteiger partial charge in [0.1, 0.15) is 0 Å². The summed E-state index contributed by atoms with van der Waals surface area (Å²) in [6, 6.07) is 11.2. The van der Waals surface area contributed by atoms with Crippen LogP contribution >= 0.6 is 0 Å². The van der Waals surface area contributed by atoms with Crippen LogP contribution in [0.4, 0.5) is 0 Å². The number of rotatable bonds is 6. The zero-order valence-electron chi connectivity index (χ0n) is 18.6. The molecule has 2 atom stereocenters. The molecule has 32 heavy (non-hydrogen) atoms. The molecular formula is C25H29N3O4. The Morgan fingerprint density at radius 1 is 1.22 bits per heavy atom. The van der Waals surface area contributed by atoms with E-state index in [2.05, 4.69) is 4.98 Å². The van der Waals surface area contributed by atoms with Crippen LogP contribution in [0.15, 0.2) is 48.8 Å². The number of likely N-dealkylation sites (tertiary alicyclic amines) is 2. The van der Waals surface area contributed by atoms with Crippen LogP contribution in [0.1, 0.15) is 42.4 Å². The maximum Gasteiger partial charge on any atom is 0.241 e. The maximum absolute atomic E-state index is 13.8. The van der Waals surface area contributed by atoms with Gasteiger partial charge in [-0.1, -0.05) is 30.3 Å². The van der Waals surface area contributed by atoms with Gasteiger partial charge in [-0.3, -0.25) is 24.3 Å². The summed E-state index contributed by atoms with van der Waals surface area (Å²) in [7, 11) is 1.66. The van der Waals surface area contributed by atoms with E-state index in [9.17, 15) is 14.4 Å². The van der Waals surface area contributed by atoms with E-state index in [1.54, 1.807) is 30.5 Å². The molecule has 168 valence electrons. The molecule has 2 aromatic rings. The van der Waals surface area contributed by atoms with Crippen molar-refractivity contribution in [2.75, 3.05) is 20.2 Å². The second-order valence-electron chi connectivity index (χ2n) is 8.74. The number of amides is 3. The van der Waals surface area contributed by atoms with Crippen molar-refractivity contribution in [2.45, 2.75) is 50.7 Å². The molecule has 1 aromatic heterocycles. The SMILES string of the molecule is COC1CCCN(C(=O)CC2(c3ccccc3C)CC(=O)N(Cc3cccnc3)C2=O)C1. The molecule has 2 fully saturated rings. The van der Waals surface area contributed by atoms with Crippen LogP contribution in [-0.2, 0) is 31.1 Å². The van der Waals surface area contributed by atoms with Crippen LogP contribution in [0.3, 0.4) is 0 Å². The summed E-state index contributed by atoms with van der Waals surface area (Å²) in [6.07, 6.45) is 5.05. The Morgan fingerprint density at radius 3 is 2.75 bits per heavy atom. The van der Waals surface area contributed by atoms with Crippen molar-refractivity contribution in [1.29, 1.82) is 0 Å². The summed E-state index contributed by atoms with van der Waals surface area (Å²) in [5.74, 6) is -0.683. The first kappa shape index (κ1) is 22.1. The molecule has 0 bridgehead atoms. The molecule has 7 heteroatoms. The number of carbonyl (C=O) groups excluding carboxylic acids is 3. The first-order valence-electron chi connectivity index (χ1n) is 11.0. The highest BCUT2D eigenvalue weighted by Crippen LogP contribution is 2.42. The summed E-state index contributed by atoms with van der Waals surface area (Å²) in [5, 5.41) is 0. The van der Waals surface area contributed by atoms with E-state index >= 15 is 0 Å². The number of nitrogens with zero attached hydrogens (tertiary/aromatic N) is 3. The van der Waals surface area contributed by atoms with Crippen molar-refractivity contribution in [3.8, 4) is 0 Å². The van der Waals surface area contributed by atoms with Gasteiger partial charge in [0.05, 0.1) is 18.1 Å². The van der Waals surface area contributed by atoms with Gasteiger partial charge in [0.25, 0.3) is 0 Å². The molecule has 0 aliphatic carbocycles. The Morgan fingerprint density at radius 2 is 2.03 bits per heavy atom. The van der Waals surface area contributed by atoms with E-state index < -0.39 is 5.41 Å². The second-order valence-corrected chi connectivity index (χ2v) is 8.74. The minimum absolute atomic E-state index is 0.00472. The maximum atomic E-state index is 13.8. The van der Waals surface area contributed by atoms with Gasteiger partial charge in [-0.05, 0) is 42.5 Å². The Labute approximate surface area is 188 Å². The number of imide groups is 1. The van der Waals surface area contributed by atoms with Gasteiger partial charge < -0.3 is 9.64 Å². The predicted molar refractivity (Wildman–Crippen MR) is 118 cm³/mol. The Kier molecular flexibility index (Phi) is 6.37. The molecule has 3 heterocycles. The number of hydrogen-bond donors (Lipinski definition) is 0. The smallest absolute Gasteiger partial charge is 0.241 e. The zero-order chi connectivity index (χ0) is 22.7. The number of methoxy groups -OCH3 is 1. The minimum Gasteiger partial charge on any atom is -0.380 e. The topological polar surface area (TPSA) is 79.8 Å². The van der Waals surface area contributed by atoms with E-state index in [0.717, 1.165) is 29.5 Å². The summed E-state index contributed by atoms with van der Waals surface area (Å²) in [4.78, 5) is 47.5. The summed E-state index contributed by atoms with van der Waals surface area (Å²) in [5.41, 5.74) is 1.24. The fraction of sp³-hybridized carbons (Fsp3) is 0.440. The molecule has 2 aliphatic heterocycles.